The molecule has 1 aromatic rings. The summed E-state index contributed by atoms with van der Waals surface area (Å²) in [6.07, 6.45) is 13.8. The van der Waals surface area contributed by atoms with Gasteiger partial charge in [0.1, 0.15) is 0 Å². The molecular weight excluding hydrogens is 403 g/mol. The van der Waals surface area contributed by atoms with Crippen LogP contribution in [0.2, 0.25) is 3.43 Å². The van der Waals surface area contributed by atoms with E-state index in [0.717, 1.165) is 5.69 Å². The van der Waals surface area contributed by atoms with Crippen molar-refractivity contribution in [2.75, 3.05) is 5.32 Å². The molecule has 1 N–H and O–H groups in total. The number of rotatable bonds is 12. The maximum atomic E-state index is 11.3. The Morgan fingerprint density at radius 1 is 1.08 bits per heavy atom. The Labute approximate surface area is 158 Å². The number of aromatic nitrogens is 1. The van der Waals surface area contributed by atoms with Gasteiger partial charge in [0.2, 0.25) is 0 Å². The summed E-state index contributed by atoms with van der Waals surface area (Å²) in [5, 5.41) is 2.91. The summed E-state index contributed by atoms with van der Waals surface area (Å²) in [6.45, 7) is 8.45. The number of carbonyl (C=O) groups excluding carboxylic acids is 1. The number of amides is 1. The molecule has 1 rings (SSSR count). The van der Waals surface area contributed by atoms with E-state index < -0.39 is 21.1 Å². The second kappa shape index (κ2) is 11.9. The van der Waals surface area contributed by atoms with E-state index in [-0.39, 0.29) is 5.91 Å². The maximum absolute atomic E-state index is 11.3. The fraction of sp³-hybridized carbons (Fsp3) is 0.700. The van der Waals surface area contributed by atoms with Gasteiger partial charge in [0, 0.05) is 0 Å². The summed E-state index contributed by atoms with van der Waals surface area (Å²) in [7, 11) is 0. The first-order valence-electron chi connectivity index (χ1n) is 9.57. The SMILES string of the molecule is CCCC[C](CCCC)(CCCC)[Sn][c]1cc(NC(C)=O)ccn1. The third kappa shape index (κ3) is 8.00. The van der Waals surface area contributed by atoms with Crippen molar-refractivity contribution in [1.29, 1.82) is 0 Å². The number of nitrogens with one attached hydrogen (secondary N) is 1. The Morgan fingerprint density at radius 3 is 2.08 bits per heavy atom. The predicted octanol–water partition coefficient (Wildman–Crippen LogP) is 5.10. The second-order valence-corrected chi connectivity index (χ2v) is 12.0. The number of pyridine rings is 1. The molecule has 0 atom stereocenters. The van der Waals surface area contributed by atoms with Crippen molar-refractivity contribution in [3.8, 4) is 0 Å². The zero-order valence-corrected chi connectivity index (χ0v) is 18.8. The summed E-state index contributed by atoms with van der Waals surface area (Å²) in [4.78, 5) is 16.0. The molecule has 4 heteroatoms. The summed E-state index contributed by atoms with van der Waals surface area (Å²) >= 11 is -0.821. The van der Waals surface area contributed by atoms with Crippen molar-refractivity contribution in [2.45, 2.75) is 88.9 Å². The van der Waals surface area contributed by atoms with Crippen molar-refractivity contribution in [2.24, 2.45) is 0 Å². The number of nitrogens with zero attached hydrogens (tertiary/aromatic N) is 1. The van der Waals surface area contributed by atoms with Crippen LogP contribution in [-0.2, 0) is 4.79 Å². The predicted molar refractivity (Wildman–Crippen MR) is 105 cm³/mol. The van der Waals surface area contributed by atoms with Gasteiger partial charge in [0.25, 0.3) is 0 Å². The van der Waals surface area contributed by atoms with E-state index in [4.69, 9.17) is 0 Å². The monoisotopic (exact) mass is 438 g/mol. The molecule has 1 amide bonds. The van der Waals surface area contributed by atoms with Crippen molar-refractivity contribution in [3.63, 3.8) is 0 Å². The van der Waals surface area contributed by atoms with E-state index in [1.165, 1.54) is 61.5 Å². The molecule has 0 fully saturated rings. The van der Waals surface area contributed by atoms with Gasteiger partial charge in [-0.05, 0) is 0 Å². The summed E-state index contributed by atoms with van der Waals surface area (Å²) in [6, 6.07) is 4.03. The van der Waals surface area contributed by atoms with Crippen LogP contribution in [0.3, 0.4) is 0 Å². The van der Waals surface area contributed by atoms with Crippen LogP contribution in [0.4, 0.5) is 5.69 Å². The third-order valence-corrected chi connectivity index (χ3v) is 9.67. The Bertz CT molecular complexity index is 469. The zero-order valence-electron chi connectivity index (χ0n) is 16.0. The van der Waals surface area contributed by atoms with Gasteiger partial charge in [0.05, 0.1) is 0 Å². The fourth-order valence-corrected chi connectivity index (χ4v) is 8.34. The normalized spacial score (nSPS) is 11.5. The molecule has 134 valence electrons. The average Bonchev–Trinajstić information content (AvgIpc) is 2.56. The summed E-state index contributed by atoms with van der Waals surface area (Å²) in [5.74, 6) is -0.00763. The van der Waals surface area contributed by atoms with Crippen molar-refractivity contribution >= 4 is 36.4 Å². The van der Waals surface area contributed by atoms with Gasteiger partial charge < -0.3 is 0 Å². The van der Waals surface area contributed by atoms with Gasteiger partial charge in [-0.3, -0.25) is 0 Å². The first-order valence-corrected chi connectivity index (χ1v) is 12.4. The molecule has 0 aromatic carbocycles. The molecule has 0 aliphatic carbocycles. The molecule has 24 heavy (non-hydrogen) atoms. The molecule has 0 aliphatic rings. The topological polar surface area (TPSA) is 42.0 Å². The average molecular weight is 437 g/mol. The number of unbranched alkanes of at least 4 members (excludes halogenated alkanes) is 3. The van der Waals surface area contributed by atoms with E-state index in [2.05, 4.69) is 37.1 Å². The van der Waals surface area contributed by atoms with Crippen LogP contribution in [0.15, 0.2) is 18.3 Å². The van der Waals surface area contributed by atoms with E-state index >= 15 is 0 Å². The standard InChI is InChI=1S/C13H27.C7H7N2O.Sn/c1-4-7-10-13(11-8-5-2)12-9-6-3;1-6(10)9-7-2-4-8-5-3-7;/h4-12H2,1-3H3;2-4H,1H3,(H,8,9,10);. The number of carbonyl (C=O) groups is 1. The van der Waals surface area contributed by atoms with Gasteiger partial charge >= 0.3 is 159 Å². The van der Waals surface area contributed by atoms with Gasteiger partial charge in [-0.25, -0.2) is 0 Å². The first kappa shape index (κ1) is 21.5. The first-order chi connectivity index (χ1) is 11.5. The molecule has 3 nitrogen and oxygen atoms in total. The van der Waals surface area contributed by atoms with Crippen molar-refractivity contribution in [1.82, 2.24) is 4.98 Å². The van der Waals surface area contributed by atoms with Crippen LogP contribution in [0, 0.1) is 0 Å². The fourth-order valence-electron chi connectivity index (χ4n) is 3.16. The van der Waals surface area contributed by atoms with Crippen LogP contribution < -0.4 is 9.03 Å². The Kier molecular flexibility index (Phi) is 10.6. The molecular formula is C20H34N2OSn. The van der Waals surface area contributed by atoms with Crippen molar-refractivity contribution in [3.05, 3.63) is 18.3 Å². The van der Waals surface area contributed by atoms with E-state index in [9.17, 15) is 4.79 Å². The van der Waals surface area contributed by atoms with Gasteiger partial charge in [-0.1, -0.05) is 0 Å². The van der Waals surface area contributed by atoms with Crippen LogP contribution >= 0.6 is 0 Å². The third-order valence-electron chi connectivity index (χ3n) is 4.50. The van der Waals surface area contributed by atoms with E-state index in [1.54, 1.807) is 6.92 Å². The summed E-state index contributed by atoms with van der Waals surface area (Å²) < 4.78 is 1.82. The quantitative estimate of drug-likeness (QED) is 0.463. The van der Waals surface area contributed by atoms with Crippen LogP contribution in [0.25, 0.3) is 0 Å². The van der Waals surface area contributed by atoms with Gasteiger partial charge in [-0.15, -0.1) is 0 Å². The molecule has 1 heterocycles. The minimum absolute atomic E-state index is 0.00763. The molecule has 1 aromatic heterocycles. The minimum atomic E-state index is -0.821. The summed E-state index contributed by atoms with van der Waals surface area (Å²) in [5.41, 5.74) is 0.906. The van der Waals surface area contributed by atoms with Crippen LogP contribution in [0.5, 0.6) is 0 Å². The molecule has 2 radical (unpaired) electrons. The van der Waals surface area contributed by atoms with E-state index in [1.807, 2.05) is 12.3 Å². The van der Waals surface area contributed by atoms with Crippen LogP contribution in [-0.4, -0.2) is 32.0 Å². The van der Waals surface area contributed by atoms with Crippen molar-refractivity contribution < 1.29 is 4.79 Å². The van der Waals surface area contributed by atoms with Crippen LogP contribution in [0.1, 0.15) is 85.5 Å². The Balaban J connectivity index is 2.96. The number of hydrogen-bond donors (Lipinski definition) is 1. The molecule has 0 saturated carbocycles. The molecule has 0 saturated heterocycles. The van der Waals surface area contributed by atoms with Gasteiger partial charge in [-0.2, -0.15) is 0 Å². The molecule has 0 aliphatic heterocycles. The molecule has 0 bridgehead atoms. The Hall–Kier alpha value is -0.581. The molecule has 0 unspecified atom stereocenters. The van der Waals surface area contributed by atoms with Gasteiger partial charge in [0.15, 0.2) is 0 Å². The second-order valence-electron chi connectivity index (χ2n) is 6.83. The number of hydrogen-bond acceptors (Lipinski definition) is 2. The van der Waals surface area contributed by atoms with E-state index in [0.29, 0.717) is 3.43 Å². The molecule has 0 spiro atoms. The zero-order chi connectivity index (χ0) is 17.8. The number of anilines is 1. The Morgan fingerprint density at radius 2 is 1.62 bits per heavy atom.